The monoisotopic (exact) mass is 413 g/mol. The largest absolute Gasteiger partial charge is 0.465 e. The summed E-state index contributed by atoms with van der Waals surface area (Å²) in [6, 6.07) is 15.5. The maximum Gasteiger partial charge on any atom is 0.327 e. The van der Waals surface area contributed by atoms with Gasteiger partial charge in [-0.05, 0) is 42.9 Å². The number of hydrogen-bond donors (Lipinski definition) is 1. The molecule has 0 radical (unpaired) electrons. The number of carbonyl (C=O) groups is 1. The maximum absolute atomic E-state index is 11.8. The Morgan fingerprint density at radius 1 is 1.29 bits per heavy atom. The summed E-state index contributed by atoms with van der Waals surface area (Å²) in [5.41, 5.74) is 3.43. The molecule has 0 aliphatic rings. The molecule has 0 saturated carbocycles. The second-order valence-electron chi connectivity index (χ2n) is 6.07. The molecule has 8 heteroatoms. The van der Waals surface area contributed by atoms with Gasteiger partial charge >= 0.3 is 5.97 Å². The molecule has 2 aromatic heterocycles. The SMILES string of the molecule is CCOC(=O)Cn1nc(-c2[nH]c3ccc(Cl)cc3c2-c2ccccc2)oc1=S. The van der Waals surface area contributed by atoms with Crippen molar-refractivity contribution >= 4 is 40.7 Å². The zero-order valence-electron chi connectivity index (χ0n) is 14.9. The standard InChI is InChI=1S/C20H16ClN3O3S/c1-2-26-16(25)11-24-20(28)27-19(23-24)18-17(12-6-4-3-5-7-12)14-10-13(21)8-9-15(14)22-18/h3-10,22H,2,11H2,1H3. The second kappa shape index (κ2) is 7.61. The van der Waals surface area contributed by atoms with Crippen LogP contribution in [0.4, 0.5) is 0 Å². The molecule has 1 N–H and O–H groups in total. The summed E-state index contributed by atoms with van der Waals surface area (Å²) in [6.07, 6.45) is 0. The van der Waals surface area contributed by atoms with Crippen molar-refractivity contribution in [2.75, 3.05) is 6.61 Å². The third-order valence-corrected chi connectivity index (χ3v) is 4.76. The van der Waals surface area contributed by atoms with Crippen molar-refractivity contribution in [3.8, 4) is 22.7 Å². The van der Waals surface area contributed by atoms with E-state index < -0.39 is 5.97 Å². The minimum absolute atomic E-state index is 0.0961. The zero-order chi connectivity index (χ0) is 19.7. The molecular formula is C20H16ClN3O3S. The van der Waals surface area contributed by atoms with E-state index in [1.165, 1.54) is 4.68 Å². The summed E-state index contributed by atoms with van der Waals surface area (Å²) >= 11 is 11.5. The number of esters is 1. The maximum atomic E-state index is 11.8. The van der Waals surface area contributed by atoms with Gasteiger partial charge in [0.05, 0.1) is 6.61 Å². The number of carbonyl (C=O) groups excluding carboxylic acids is 1. The summed E-state index contributed by atoms with van der Waals surface area (Å²) in [4.78, 5) is 15.2. The first kappa shape index (κ1) is 18.5. The molecule has 0 spiro atoms. The van der Waals surface area contributed by atoms with Crippen molar-refractivity contribution in [1.82, 2.24) is 14.8 Å². The van der Waals surface area contributed by atoms with Gasteiger partial charge in [-0.15, -0.1) is 5.10 Å². The van der Waals surface area contributed by atoms with Crippen LogP contribution in [0.5, 0.6) is 0 Å². The Hall–Kier alpha value is -2.90. The van der Waals surface area contributed by atoms with E-state index >= 15 is 0 Å². The number of ether oxygens (including phenoxy) is 1. The van der Waals surface area contributed by atoms with E-state index in [9.17, 15) is 4.79 Å². The first-order chi connectivity index (χ1) is 13.6. The molecule has 0 amide bonds. The Kier molecular flexibility index (Phi) is 5.02. The fourth-order valence-electron chi connectivity index (χ4n) is 3.07. The highest BCUT2D eigenvalue weighted by molar-refractivity contribution is 7.71. The Labute approximate surface area is 170 Å². The van der Waals surface area contributed by atoms with Crippen LogP contribution in [0.15, 0.2) is 52.9 Å². The van der Waals surface area contributed by atoms with Gasteiger partial charge in [-0.1, -0.05) is 41.9 Å². The number of aromatic amines is 1. The van der Waals surface area contributed by atoms with Crippen molar-refractivity contribution in [1.29, 1.82) is 0 Å². The topological polar surface area (TPSA) is 73.1 Å². The molecule has 0 saturated heterocycles. The quantitative estimate of drug-likeness (QED) is 0.358. The summed E-state index contributed by atoms with van der Waals surface area (Å²) in [5, 5.41) is 5.96. The number of hydrogen-bond acceptors (Lipinski definition) is 5. The van der Waals surface area contributed by atoms with E-state index in [2.05, 4.69) is 10.1 Å². The average Bonchev–Trinajstić information content (AvgIpc) is 3.23. The van der Waals surface area contributed by atoms with E-state index in [1.807, 2.05) is 48.5 Å². The minimum atomic E-state index is -0.426. The van der Waals surface area contributed by atoms with E-state index in [0.29, 0.717) is 16.6 Å². The average molecular weight is 414 g/mol. The fraction of sp³-hybridized carbons (Fsp3) is 0.150. The molecule has 0 bridgehead atoms. The lowest BCUT2D eigenvalue weighted by atomic mass is 10.0. The van der Waals surface area contributed by atoms with E-state index in [-0.39, 0.29) is 18.0 Å². The third kappa shape index (κ3) is 3.46. The van der Waals surface area contributed by atoms with Crippen LogP contribution in [0.1, 0.15) is 6.92 Å². The van der Waals surface area contributed by atoms with Crippen molar-refractivity contribution in [3.63, 3.8) is 0 Å². The fourth-order valence-corrected chi connectivity index (χ4v) is 3.42. The number of nitrogens with zero attached hydrogens (tertiary/aromatic N) is 2. The zero-order valence-corrected chi connectivity index (χ0v) is 16.5. The highest BCUT2D eigenvalue weighted by atomic mass is 35.5. The first-order valence-electron chi connectivity index (χ1n) is 8.67. The number of rotatable bonds is 5. The van der Waals surface area contributed by atoms with E-state index in [1.54, 1.807) is 6.92 Å². The predicted molar refractivity (Wildman–Crippen MR) is 110 cm³/mol. The van der Waals surface area contributed by atoms with Crippen LogP contribution in [-0.4, -0.2) is 27.3 Å². The van der Waals surface area contributed by atoms with E-state index in [4.69, 9.17) is 33.0 Å². The molecule has 2 aromatic carbocycles. The van der Waals surface area contributed by atoms with Gasteiger partial charge in [-0.3, -0.25) is 4.79 Å². The van der Waals surface area contributed by atoms with Gasteiger partial charge in [0.2, 0.25) is 0 Å². The Morgan fingerprint density at radius 2 is 2.07 bits per heavy atom. The lowest BCUT2D eigenvalue weighted by molar-refractivity contribution is -0.144. The third-order valence-electron chi connectivity index (χ3n) is 4.23. The van der Waals surface area contributed by atoms with Gasteiger partial charge in [0.25, 0.3) is 10.7 Å². The van der Waals surface area contributed by atoms with E-state index in [0.717, 1.165) is 22.0 Å². The number of fused-ring (bicyclic) bond motifs is 1. The Morgan fingerprint density at radius 3 is 2.82 bits per heavy atom. The van der Waals surface area contributed by atoms with Crippen molar-refractivity contribution in [2.24, 2.45) is 0 Å². The van der Waals surface area contributed by atoms with Crippen LogP contribution in [0.25, 0.3) is 33.6 Å². The van der Waals surface area contributed by atoms with Crippen LogP contribution in [-0.2, 0) is 16.1 Å². The molecule has 28 heavy (non-hydrogen) atoms. The Balaban J connectivity index is 1.88. The molecule has 0 aliphatic heterocycles. The first-order valence-corrected chi connectivity index (χ1v) is 9.46. The highest BCUT2D eigenvalue weighted by Gasteiger charge is 2.20. The molecule has 0 atom stereocenters. The van der Waals surface area contributed by atoms with Gasteiger partial charge < -0.3 is 14.1 Å². The van der Waals surface area contributed by atoms with Crippen LogP contribution in [0, 0.1) is 4.84 Å². The second-order valence-corrected chi connectivity index (χ2v) is 6.85. The number of halogens is 1. The lowest BCUT2D eigenvalue weighted by Gasteiger charge is -2.03. The number of nitrogens with one attached hydrogen (secondary N) is 1. The Bertz CT molecular complexity index is 1210. The van der Waals surface area contributed by atoms with Crippen LogP contribution >= 0.6 is 23.8 Å². The van der Waals surface area contributed by atoms with Gasteiger partial charge in [0.1, 0.15) is 12.2 Å². The molecule has 0 aliphatic carbocycles. The van der Waals surface area contributed by atoms with Crippen molar-refractivity contribution in [3.05, 3.63) is 58.4 Å². The summed E-state index contributed by atoms with van der Waals surface area (Å²) in [5.74, 6) is -0.134. The molecule has 0 fully saturated rings. The molecule has 4 aromatic rings. The smallest absolute Gasteiger partial charge is 0.327 e. The molecule has 4 rings (SSSR count). The predicted octanol–water partition coefficient (Wildman–Crippen LogP) is 5.24. The molecule has 6 nitrogen and oxygen atoms in total. The van der Waals surface area contributed by atoms with Gasteiger partial charge in [-0.2, -0.15) is 0 Å². The van der Waals surface area contributed by atoms with Gasteiger partial charge in [0.15, 0.2) is 0 Å². The number of benzene rings is 2. The number of H-pyrrole nitrogens is 1. The molecule has 2 heterocycles. The van der Waals surface area contributed by atoms with Crippen molar-refractivity contribution < 1.29 is 13.9 Å². The minimum Gasteiger partial charge on any atom is -0.465 e. The normalized spacial score (nSPS) is 11.1. The highest BCUT2D eigenvalue weighted by Crippen LogP contribution is 2.38. The lowest BCUT2D eigenvalue weighted by Crippen LogP contribution is -2.14. The summed E-state index contributed by atoms with van der Waals surface area (Å²) in [6.45, 7) is 1.92. The van der Waals surface area contributed by atoms with Gasteiger partial charge in [0, 0.05) is 21.5 Å². The summed E-state index contributed by atoms with van der Waals surface area (Å²) in [7, 11) is 0. The van der Waals surface area contributed by atoms with Gasteiger partial charge in [-0.25, -0.2) is 4.68 Å². The summed E-state index contributed by atoms with van der Waals surface area (Å²) < 4.78 is 12.0. The van der Waals surface area contributed by atoms with Crippen molar-refractivity contribution in [2.45, 2.75) is 13.5 Å². The van der Waals surface area contributed by atoms with Crippen LogP contribution in [0.2, 0.25) is 5.02 Å². The molecule has 0 unspecified atom stereocenters. The molecular weight excluding hydrogens is 398 g/mol. The van der Waals surface area contributed by atoms with Crippen LogP contribution in [0.3, 0.4) is 0 Å². The molecule has 142 valence electrons. The number of aromatic nitrogens is 3. The van der Waals surface area contributed by atoms with Crippen LogP contribution < -0.4 is 0 Å².